The summed E-state index contributed by atoms with van der Waals surface area (Å²) in [6.45, 7) is 1.36. The third-order valence-corrected chi connectivity index (χ3v) is 6.57. The summed E-state index contributed by atoms with van der Waals surface area (Å²) in [5.41, 5.74) is 0. The van der Waals surface area contributed by atoms with Crippen LogP contribution in [0.5, 0.6) is 0 Å². The molecule has 2 saturated carbocycles. The zero-order chi connectivity index (χ0) is 14.8. The van der Waals surface area contributed by atoms with Crippen LogP contribution in [0.1, 0.15) is 32.1 Å². The second kappa shape index (κ2) is 6.41. The Labute approximate surface area is 120 Å². The molecular formula is C13H23NO5S. The minimum Gasteiger partial charge on any atom is -0.481 e. The molecule has 0 spiro atoms. The van der Waals surface area contributed by atoms with Crippen LogP contribution in [0.2, 0.25) is 0 Å². The highest BCUT2D eigenvalue weighted by molar-refractivity contribution is 7.89. The summed E-state index contributed by atoms with van der Waals surface area (Å²) in [4.78, 5) is 11.1. The van der Waals surface area contributed by atoms with Crippen molar-refractivity contribution in [2.75, 3.05) is 26.8 Å². The largest absolute Gasteiger partial charge is 0.481 e. The van der Waals surface area contributed by atoms with Gasteiger partial charge in [-0.25, -0.2) is 12.7 Å². The van der Waals surface area contributed by atoms with Gasteiger partial charge in [-0.05, 0) is 31.6 Å². The Kier molecular flexibility index (Phi) is 5.04. The predicted octanol–water partition coefficient (Wildman–Crippen LogP) is 0.928. The molecular weight excluding hydrogens is 282 g/mol. The lowest BCUT2D eigenvalue weighted by Gasteiger charge is -2.24. The molecule has 0 aromatic carbocycles. The summed E-state index contributed by atoms with van der Waals surface area (Å²) in [5.74, 6) is -1.12. The third-order valence-electron chi connectivity index (χ3n) is 4.19. The predicted molar refractivity (Wildman–Crippen MR) is 73.9 cm³/mol. The number of nitrogens with zero attached hydrogens (tertiary/aromatic N) is 1. The van der Waals surface area contributed by atoms with Crippen LogP contribution in [-0.2, 0) is 19.6 Å². The molecule has 116 valence electrons. The fraction of sp³-hybridized carbons (Fsp3) is 0.923. The Morgan fingerprint density at radius 2 is 2.00 bits per heavy atom. The van der Waals surface area contributed by atoms with E-state index in [-0.39, 0.29) is 6.54 Å². The Morgan fingerprint density at radius 1 is 1.30 bits per heavy atom. The number of hydrogen-bond acceptors (Lipinski definition) is 4. The molecule has 0 bridgehead atoms. The summed E-state index contributed by atoms with van der Waals surface area (Å²) in [6.07, 6.45) is 3.96. The molecule has 0 aromatic rings. The van der Waals surface area contributed by atoms with Crippen molar-refractivity contribution in [3.05, 3.63) is 0 Å². The lowest BCUT2D eigenvalue weighted by Crippen LogP contribution is -2.41. The van der Waals surface area contributed by atoms with E-state index < -0.39 is 27.2 Å². The van der Waals surface area contributed by atoms with E-state index in [0.717, 1.165) is 0 Å². The van der Waals surface area contributed by atoms with Crippen molar-refractivity contribution < 1.29 is 23.1 Å². The second-order valence-electron chi connectivity index (χ2n) is 5.80. The standard InChI is InChI=1S/C13H23NO5S/c1-14(7-8-19-9-10-5-6-10)20(17,18)12-4-2-3-11(12)13(15)16/h10-12H,2-9H2,1H3,(H,15,16). The Bertz CT molecular complexity index is 446. The molecule has 6 nitrogen and oxygen atoms in total. The molecule has 2 fully saturated rings. The average molecular weight is 305 g/mol. The van der Waals surface area contributed by atoms with Gasteiger partial charge in [-0.15, -0.1) is 0 Å². The molecule has 2 unspecified atom stereocenters. The van der Waals surface area contributed by atoms with Gasteiger partial charge in [-0.3, -0.25) is 4.79 Å². The minimum absolute atomic E-state index is 0.290. The van der Waals surface area contributed by atoms with E-state index in [2.05, 4.69) is 0 Å². The van der Waals surface area contributed by atoms with Gasteiger partial charge in [-0.1, -0.05) is 6.42 Å². The molecule has 0 saturated heterocycles. The first-order valence-corrected chi connectivity index (χ1v) is 8.69. The third kappa shape index (κ3) is 3.71. The molecule has 20 heavy (non-hydrogen) atoms. The van der Waals surface area contributed by atoms with E-state index in [1.54, 1.807) is 0 Å². The zero-order valence-electron chi connectivity index (χ0n) is 11.8. The molecule has 0 aliphatic heterocycles. The lowest BCUT2D eigenvalue weighted by atomic mass is 10.1. The fourth-order valence-electron chi connectivity index (χ4n) is 2.65. The quantitative estimate of drug-likeness (QED) is 0.674. The van der Waals surface area contributed by atoms with Gasteiger partial charge in [0.25, 0.3) is 0 Å². The number of sulfonamides is 1. The number of carboxylic acids is 1. The number of carboxylic acid groups (broad SMARTS) is 1. The molecule has 0 aromatic heterocycles. The Morgan fingerprint density at radius 3 is 2.60 bits per heavy atom. The van der Waals surface area contributed by atoms with Gasteiger partial charge in [0.2, 0.25) is 10.0 Å². The SMILES string of the molecule is CN(CCOCC1CC1)S(=O)(=O)C1CCCC1C(=O)O. The number of likely N-dealkylation sites (N-methyl/N-ethyl adjacent to an activating group) is 1. The number of hydrogen-bond donors (Lipinski definition) is 1. The van der Waals surface area contributed by atoms with Crippen LogP contribution in [0.3, 0.4) is 0 Å². The van der Waals surface area contributed by atoms with E-state index >= 15 is 0 Å². The fourth-order valence-corrected chi connectivity index (χ4v) is 4.57. The van der Waals surface area contributed by atoms with Gasteiger partial charge in [0.15, 0.2) is 0 Å². The second-order valence-corrected chi connectivity index (χ2v) is 8.06. The zero-order valence-corrected chi connectivity index (χ0v) is 12.6. The van der Waals surface area contributed by atoms with Gasteiger partial charge >= 0.3 is 5.97 Å². The van der Waals surface area contributed by atoms with Gasteiger partial charge in [-0.2, -0.15) is 0 Å². The molecule has 2 aliphatic carbocycles. The van der Waals surface area contributed by atoms with Crippen molar-refractivity contribution in [3.8, 4) is 0 Å². The Hall–Kier alpha value is -0.660. The van der Waals surface area contributed by atoms with Crippen LogP contribution in [0.15, 0.2) is 0 Å². The number of aliphatic carboxylic acids is 1. The van der Waals surface area contributed by atoms with Crippen LogP contribution in [0.25, 0.3) is 0 Å². The number of ether oxygens (including phenoxy) is 1. The van der Waals surface area contributed by atoms with E-state index in [4.69, 9.17) is 9.84 Å². The van der Waals surface area contributed by atoms with Gasteiger partial charge in [0.05, 0.1) is 17.8 Å². The molecule has 2 atom stereocenters. The highest BCUT2D eigenvalue weighted by atomic mass is 32.2. The van der Waals surface area contributed by atoms with Crippen molar-refractivity contribution in [1.82, 2.24) is 4.31 Å². The minimum atomic E-state index is -3.55. The average Bonchev–Trinajstić information content (AvgIpc) is 3.06. The van der Waals surface area contributed by atoms with Crippen molar-refractivity contribution in [1.29, 1.82) is 0 Å². The molecule has 1 N–H and O–H groups in total. The maximum absolute atomic E-state index is 12.4. The first kappa shape index (κ1) is 15.7. The molecule has 2 aliphatic rings. The Balaban J connectivity index is 1.85. The molecule has 0 amide bonds. The first-order chi connectivity index (χ1) is 9.43. The van der Waals surface area contributed by atoms with E-state index in [1.165, 1.54) is 24.2 Å². The molecule has 0 radical (unpaired) electrons. The maximum atomic E-state index is 12.4. The lowest BCUT2D eigenvalue weighted by molar-refractivity contribution is -0.141. The van der Waals surface area contributed by atoms with Crippen LogP contribution in [-0.4, -0.2) is 55.9 Å². The highest BCUT2D eigenvalue weighted by Crippen LogP contribution is 2.32. The maximum Gasteiger partial charge on any atom is 0.307 e. The smallest absolute Gasteiger partial charge is 0.307 e. The highest BCUT2D eigenvalue weighted by Gasteiger charge is 2.43. The molecule has 7 heteroatoms. The monoisotopic (exact) mass is 305 g/mol. The van der Waals surface area contributed by atoms with E-state index in [1.807, 2.05) is 0 Å². The molecule has 0 heterocycles. The summed E-state index contributed by atoms with van der Waals surface area (Å²) in [6, 6.07) is 0. The van der Waals surface area contributed by atoms with Gasteiger partial charge in [0, 0.05) is 20.2 Å². The summed E-state index contributed by atoms with van der Waals surface area (Å²) < 4.78 is 31.5. The van der Waals surface area contributed by atoms with Gasteiger partial charge in [0.1, 0.15) is 0 Å². The summed E-state index contributed by atoms with van der Waals surface area (Å²) in [5, 5.41) is 8.32. The van der Waals surface area contributed by atoms with Crippen LogP contribution >= 0.6 is 0 Å². The number of carbonyl (C=O) groups is 1. The van der Waals surface area contributed by atoms with Gasteiger partial charge < -0.3 is 9.84 Å². The van der Waals surface area contributed by atoms with Crippen molar-refractivity contribution in [3.63, 3.8) is 0 Å². The summed E-state index contributed by atoms with van der Waals surface area (Å²) >= 11 is 0. The molecule has 2 rings (SSSR count). The normalized spacial score (nSPS) is 27.1. The van der Waals surface area contributed by atoms with E-state index in [0.29, 0.717) is 38.4 Å². The van der Waals surface area contributed by atoms with E-state index in [9.17, 15) is 13.2 Å². The first-order valence-electron chi connectivity index (χ1n) is 7.18. The van der Waals surface area contributed by atoms with Crippen LogP contribution in [0, 0.1) is 11.8 Å². The van der Waals surface area contributed by atoms with Crippen molar-refractivity contribution in [2.45, 2.75) is 37.4 Å². The van der Waals surface area contributed by atoms with Crippen LogP contribution in [0.4, 0.5) is 0 Å². The van der Waals surface area contributed by atoms with Crippen molar-refractivity contribution in [2.24, 2.45) is 11.8 Å². The van der Waals surface area contributed by atoms with Crippen molar-refractivity contribution >= 4 is 16.0 Å². The topological polar surface area (TPSA) is 83.9 Å². The van der Waals surface area contributed by atoms with Crippen LogP contribution < -0.4 is 0 Å². The summed E-state index contributed by atoms with van der Waals surface area (Å²) in [7, 11) is -2.04. The number of rotatable bonds is 8.